The first-order valence-corrected chi connectivity index (χ1v) is 5.10. The Kier molecular flexibility index (Phi) is 4.51. The maximum absolute atomic E-state index is 10.7. The molecule has 1 rings (SSSR count). The van der Waals surface area contributed by atoms with E-state index < -0.39 is 18.1 Å². The zero-order valence-electron chi connectivity index (χ0n) is 8.96. The summed E-state index contributed by atoms with van der Waals surface area (Å²) in [4.78, 5) is 22.9. The number of primary amides is 2. The molecule has 1 aliphatic rings. The van der Waals surface area contributed by atoms with Crippen molar-refractivity contribution in [2.45, 2.75) is 12.5 Å². The molecular formula is C9H17N3O4. The minimum Gasteiger partial charge on any atom is -0.449 e. The van der Waals surface area contributed by atoms with Crippen LogP contribution >= 0.6 is 0 Å². The molecule has 2 amide bonds. The van der Waals surface area contributed by atoms with Gasteiger partial charge in [-0.1, -0.05) is 0 Å². The standard InChI is InChI=1S/C9H17N3O4/c10-8(14)4-12-2-1-6(7(13)3-12)5-16-9(11)15/h6-7,13H,1-5H2,(H2,10,14)(H2,11,15)/t6-,7+/m1/s1. The van der Waals surface area contributed by atoms with Crippen molar-refractivity contribution in [3.8, 4) is 0 Å². The molecule has 0 unspecified atom stereocenters. The van der Waals surface area contributed by atoms with Crippen LogP contribution in [0.3, 0.4) is 0 Å². The van der Waals surface area contributed by atoms with Gasteiger partial charge in [0.15, 0.2) is 0 Å². The lowest BCUT2D eigenvalue weighted by atomic mass is 9.95. The Morgan fingerprint density at radius 2 is 2.12 bits per heavy atom. The molecule has 1 saturated heterocycles. The number of carbonyl (C=O) groups is 2. The van der Waals surface area contributed by atoms with Crippen molar-refractivity contribution in [3.05, 3.63) is 0 Å². The van der Waals surface area contributed by atoms with Gasteiger partial charge in [0, 0.05) is 12.5 Å². The van der Waals surface area contributed by atoms with Gasteiger partial charge in [-0.2, -0.15) is 0 Å². The third kappa shape index (κ3) is 4.03. The number of hydrogen-bond donors (Lipinski definition) is 3. The first-order chi connectivity index (χ1) is 7.49. The van der Waals surface area contributed by atoms with Gasteiger partial charge in [0.05, 0.1) is 19.3 Å². The Balaban J connectivity index is 2.34. The number of nitrogens with zero attached hydrogens (tertiary/aromatic N) is 1. The third-order valence-corrected chi connectivity index (χ3v) is 2.62. The second-order valence-corrected chi connectivity index (χ2v) is 3.95. The maximum Gasteiger partial charge on any atom is 0.404 e. The molecule has 5 N–H and O–H groups in total. The molecule has 7 nitrogen and oxygen atoms in total. The summed E-state index contributed by atoms with van der Waals surface area (Å²) in [7, 11) is 0. The van der Waals surface area contributed by atoms with Crippen LogP contribution in [0.4, 0.5) is 4.79 Å². The average molecular weight is 231 g/mol. The third-order valence-electron chi connectivity index (χ3n) is 2.62. The highest BCUT2D eigenvalue weighted by Gasteiger charge is 2.28. The lowest BCUT2D eigenvalue weighted by molar-refractivity contribution is -0.120. The molecule has 1 fully saturated rings. The van der Waals surface area contributed by atoms with Gasteiger partial charge in [-0.05, 0) is 13.0 Å². The molecule has 7 heteroatoms. The zero-order valence-corrected chi connectivity index (χ0v) is 8.96. The van der Waals surface area contributed by atoms with Crippen molar-refractivity contribution < 1.29 is 19.4 Å². The second-order valence-electron chi connectivity index (χ2n) is 3.95. The summed E-state index contributed by atoms with van der Waals surface area (Å²) >= 11 is 0. The molecule has 1 heterocycles. The normalized spacial score (nSPS) is 26.3. The van der Waals surface area contributed by atoms with Crippen molar-refractivity contribution in [1.82, 2.24) is 4.90 Å². The Labute approximate surface area is 93.3 Å². The van der Waals surface area contributed by atoms with Crippen LogP contribution in [0, 0.1) is 5.92 Å². The predicted molar refractivity (Wildman–Crippen MR) is 55.3 cm³/mol. The number of ether oxygens (including phenoxy) is 1. The Morgan fingerprint density at radius 1 is 1.44 bits per heavy atom. The van der Waals surface area contributed by atoms with Crippen LogP contribution in [-0.4, -0.2) is 54.4 Å². The van der Waals surface area contributed by atoms with Crippen LogP contribution in [-0.2, 0) is 9.53 Å². The van der Waals surface area contributed by atoms with Gasteiger partial charge in [0.2, 0.25) is 5.91 Å². The second kappa shape index (κ2) is 5.66. The fourth-order valence-electron chi connectivity index (χ4n) is 1.79. The summed E-state index contributed by atoms with van der Waals surface area (Å²) in [6.45, 7) is 1.25. The van der Waals surface area contributed by atoms with E-state index in [9.17, 15) is 14.7 Å². The van der Waals surface area contributed by atoms with Crippen molar-refractivity contribution >= 4 is 12.0 Å². The highest BCUT2D eigenvalue weighted by Crippen LogP contribution is 2.17. The summed E-state index contributed by atoms with van der Waals surface area (Å²) in [6.07, 6.45) is -0.832. The van der Waals surface area contributed by atoms with Gasteiger partial charge in [-0.3, -0.25) is 9.69 Å². The molecule has 16 heavy (non-hydrogen) atoms. The van der Waals surface area contributed by atoms with Crippen molar-refractivity contribution in [2.75, 3.05) is 26.2 Å². The van der Waals surface area contributed by atoms with Gasteiger partial charge in [0.1, 0.15) is 0 Å². The Hall–Kier alpha value is -1.34. The van der Waals surface area contributed by atoms with E-state index in [1.807, 2.05) is 0 Å². The lowest BCUT2D eigenvalue weighted by Crippen LogP contribution is -2.48. The number of likely N-dealkylation sites (tertiary alicyclic amines) is 1. The number of nitrogens with two attached hydrogens (primary N) is 2. The van der Waals surface area contributed by atoms with Gasteiger partial charge in [-0.15, -0.1) is 0 Å². The first kappa shape index (κ1) is 12.7. The number of carbonyl (C=O) groups excluding carboxylic acids is 2. The highest BCUT2D eigenvalue weighted by molar-refractivity contribution is 5.75. The van der Waals surface area contributed by atoms with E-state index in [-0.39, 0.29) is 19.1 Å². The molecule has 0 aliphatic carbocycles. The number of β-amino-alcohol motifs (C(OH)–C–C–N with tert-alkyl or cyclic N) is 1. The average Bonchev–Trinajstić information content (AvgIpc) is 2.15. The maximum atomic E-state index is 10.7. The molecule has 1 aliphatic heterocycles. The minimum atomic E-state index is -0.841. The molecule has 0 bridgehead atoms. The van der Waals surface area contributed by atoms with Gasteiger partial charge >= 0.3 is 6.09 Å². The lowest BCUT2D eigenvalue weighted by Gasteiger charge is -2.34. The summed E-state index contributed by atoms with van der Waals surface area (Å²) in [5.74, 6) is -0.546. The molecule has 2 atom stereocenters. The van der Waals surface area contributed by atoms with E-state index >= 15 is 0 Å². The quantitative estimate of drug-likeness (QED) is 0.530. The zero-order chi connectivity index (χ0) is 12.1. The number of rotatable bonds is 4. The van der Waals surface area contributed by atoms with Crippen LogP contribution in [0.15, 0.2) is 0 Å². The van der Waals surface area contributed by atoms with Crippen LogP contribution in [0.2, 0.25) is 0 Å². The Bertz CT molecular complexity index is 271. The molecule has 0 aromatic carbocycles. The predicted octanol–water partition coefficient (Wildman–Crippen LogP) is -1.75. The summed E-state index contributed by atoms with van der Waals surface area (Å²) < 4.78 is 4.64. The summed E-state index contributed by atoms with van der Waals surface area (Å²) in [6, 6.07) is 0. The van der Waals surface area contributed by atoms with Crippen LogP contribution in [0.25, 0.3) is 0 Å². The summed E-state index contributed by atoms with van der Waals surface area (Å²) in [5.41, 5.74) is 9.89. The van der Waals surface area contributed by atoms with Crippen molar-refractivity contribution in [1.29, 1.82) is 0 Å². The molecule has 0 aromatic heterocycles. The van der Waals surface area contributed by atoms with E-state index in [0.29, 0.717) is 19.5 Å². The van der Waals surface area contributed by atoms with Crippen LogP contribution in [0.5, 0.6) is 0 Å². The van der Waals surface area contributed by atoms with E-state index in [4.69, 9.17) is 11.5 Å². The smallest absolute Gasteiger partial charge is 0.404 e. The van der Waals surface area contributed by atoms with Gasteiger partial charge in [0.25, 0.3) is 0 Å². The minimum absolute atomic E-state index is 0.112. The van der Waals surface area contributed by atoms with Gasteiger partial charge in [-0.25, -0.2) is 4.79 Å². The first-order valence-electron chi connectivity index (χ1n) is 5.10. The fourth-order valence-corrected chi connectivity index (χ4v) is 1.79. The van der Waals surface area contributed by atoms with Gasteiger partial charge < -0.3 is 21.3 Å². The number of aliphatic hydroxyl groups is 1. The van der Waals surface area contributed by atoms with E-state index in [0.717, 1.165) is 0 Å². The van der Waals surface area contributed by atoms with E-state index in [1.54, 1.807) is 4.90 Å². The van der Waals surface area contributed by atoms with Crippen molar-refractivity contribution in [3.63, 3.8) is 0 Å². The van der Waals surface area contributed by atoms with Crippen molar-refractivity contribution in [2.24, 2.45) is 17.4 Å². The molecular weight excluding hydrogens is 214 g/mol. The monoisotopic (exact) mass is 231 g/mol. The number of aliphatic hydroxyl groups excluding tert-OH is 1. The highest BCUT2D eigenvalue weighted by atomic mass is 16.5. The SMILES string of the molecule is NC(=O)CN1CC[C@H](COC(N)=O)[C@@H](O)C1. The number of amides is 2. The topological polar surface area (TPSA) is 119 Å². The molecule has 92 valence electrons. The fraction of sp³-hybridized carbons (Fsp3) is 0.778. The van der Waals surface area contributed by atoms with Crippen LogP contribution < -0.4 is 11.5 Å². The molecule has 0 aromatic rings. The summed E-state index contributed by atoms with van der Waals surface area (Å²) in [5, 5.41) is 9.74. The van der Waals surface area contributed by atoms with Crippen LogP contribution in [0.1, 0.15) is 6.42 Å². The molecule has 0 saturated carbocycles. The molecule has 0 spiro atoms. The largest absolute Gasteiger partial charge is 0.449 e. The number of piperidine rings is 1. The molecule has 0 radical (unpaired) electrons. The van der Waals surface area contributed by atoms with E-state index in [1.165, 1.54) is 0 Å². The number of hydrogen-bond acceptors (Lipinski definition) is 5. The Morgan fingerprint density at radius 3 is 2.62 bits per heavy atom. The van der Waals surface area contributed by atoms with E-state index in [2.05, 4.69) is 4.74 Å².